The molecule has 0 saturated carbocycles. The molecule has 0 bridgehead atoms. The Morgan fingerprint density at radius 1 is 0.955 bits per heavy atom. The lowest BCUT2D eigenvalue weighted by Gasteiger charge is -2.39. The van der Waals surface area contributed by atoms with Crippen molar-refractivity contribution in [2.75, 3.05) is 19.8 Å². The van der Waals surface area contributed by atoms with Crippen molar-refractivity contribution in [3.63, 3.8) is 0 Å². The van der Waals surface area contributed by atoms with Crippen LogP contribution >= 0.6 is 0 Å². The van der Waals surface area contributed by atoms with Gasteiger partial charge in [-0.15, -0.1) is 0 Å². The van der Waals surface area contributed by atoms with Crippen molar-refractivity contribution in [3.05, 3.63) is 35.9 Å². The second kappa shape index (κ2) is 8.54. The molecule has 1 aliphatic heterocycles. The number of ether oxygens (including phenoxy) is 3. The molecule has 124 valence electrons. The van der Waals surface area contributed by atoms with E-state index in [0.717, 1.165) is 5.56 Å². The monoisotopic (exact) mass is 314 g/mol. The highest BCUT2D eigenvalue weighted by Crippen LogP contribution is 2.21. The normalized spacial score (nSPS) is 32.1. The first kappa shape index (κ1) is 17.3. The summed E-state index contributed by atoms with van der Waals surface area (Å²) in [6.45, 7) is 0.396. The van der Waals surface area contributed by atoms with E-state index in [0.29, 0.717) is 6.61 Å². The van der Waals surface area contributed by atoms with Crippen LogP contribution in [0, 0.1) is 0 Å². The van der Waals surface area contributed by atoms with Crippen molar-refractivity contribution < 1.29 is 34.6 Å². The van der Waals surface area contributed by atoms with Gasteiger partial charge in [0.15, 0.2) is 6.29 Å². The Bertz CT molecular complexity index is 425. The van der Waals surface area contributed by atoms with E-state index in [1.165, 1.54) is 0 Å². The Hall–Kier alpha value is -1.06. The average Bonchev–Trinajstić information content (AvgIpc) is 2.55. The Morgan fingerprint density at radius 2 is 1.68 bits per heavy atom. The number of hydrogen-bond acceptors (Lipinski definition) is 7. The van der Waals surface area contributed by atoms with Gasteiger partial charge in [0.1, 0.15) is 24.4 Å². The van der Waals surface area contributed by atoms with E-state index in [1.54, 1.807) is 0 Å². The van der Waals surface area contributed by atoms with Gasteiger partial charge in [0.05, 0.1) is 26.4 Å². The summed E-state index contributed by atoms with van der Waals surface area (Å²) in [4.78, 5) is 0. The van der Waals surface area contributed by atoms with Crippen LogP contribution in [0.15, 0.2) is 30.3 Å². The summed E-state index contributed by atoms with van der Waals surface area (Å²) in [6, 6.07) is 9.65. The summed E-state index contributed by atoms with van der Waals surface area (Å²) in [5.41, 5.74) is 1.04. The van der Waals surface area contributed by atoms with Crippen LogP contribution in [0.2, 0.25) is 0 Å². The van der Waals surface area contributed by atoms with Gasteiger partial charge >= 0.3 is 0 Å². The van der Waals surface area contributed by atoms with Crippen LogP contribution < -0.4 is 0 Å². The minimum atomic E-state index is -1.43. The molecule has 22 heavy (non-hydrogen) atoms. The molecule has 0 aliphatic carbocycles. The summed E-state index contributed by atoms with van der Waals surface area (Å²) in [5, 5.41) is 38.1. The molecule has 0 aromatic heterocycles. The summed E-state index contributed by atoms with van der Waals surface area (Å²) >= 11 is 0. The zero-order chi connectivity index (χ0) is 15.9. The Kier molecular flexibility index (Phi) is 6.71. The minimum absolute atomic E-state index is 0.148. The third-order valence-electron chi connectivity index (χ3n) is 3.47. The van der Waals surface area contributed by atoms with E-state index >= 15 is 0 Å². The summed E-state index contributed by atoms with van der Waals surface area (Å²) < 4.78 is 15.9. The van der Waals surface area contributed by atoms with Gasteiger partial charge in [-0.3, -0.25) is 0 Å². The van der Waals surface area contributed by atoms with Crippen molar-refractivity contribution in [1.82, 2.24) is 0 Å². The Morgan fingerprint density at radius 3 is 2.36 bits per heavy atom. The quantitative estimate of drug-likeness (QED) is 0.479. The zero-order valence-corrected chi connectivity index (χ0v) is 12.1. The molecule has 0 radical (unpaired) electrons. The maximum Gasteiger partial charge on any atom is 0.186 e. The van der Waals surface area contributed by atoms with Crippen LogP contribution in [0.3, 0.4) is 0 Å². The van der Waals surface area contributed by atoms with Gasteiger partial charge < -0.3 is 34.6 Å². The molecule has 1 saturated heterocycles. The predicted octanol–water partition coefficient (Wildman–Crippen LogP) is -0.980. The lowest BCUT2D eigenvalue weighted by molar-refractivity contribution is -0.302. The Balaban J connectivity index is 1.69. The largest absolute Gasteiger partial charge is 0.394 e. The molecule has 1 aliphatic rings. The van der Waals surface area contributed by atoms with Gasteiger partial charge in [-0.1, -0.05) is 30.3 Å². The van der Waals surface area contributed by atoms with E-state index < -0.39 is 37.3 Å². The molecule has 0 spiro atoms. The number of aliphatic hydroxyl groups excluding tert-OH is 4. The highest BCUT2D eigenvalue weighted by molar-refractivity contribution is 5.13. The fourth-order valence-electron chi connectivity index (χ4n) is 2.19. The van der Waals surface area contributed by atoms with Crippen LogP contribution in [0.5, 0.6) is 0 Å². The molecule has 4 N–H and O–H groups in total. The minimum Gasteiger partial charge on any atom is -0.394 e. The van der Waals surface area contributed by atoms with Crippen molar-refractivity contribution in [3.8, 4) is 0 Å². The van der Waals surface area contributed by atoms with E-state index in [2.05, 4.69) is 0 Å². The molecule has 1 heterocycles. The number of benzene rings is 1. The molecule has 1 aromatic rings. The van der Waals surface area contributed by atoms with E-state index in [-0.39, 0.29) is 13.2 Å². The topological polar surface area (TPSA) is 109 Å². The molecule has 5 unspecified atom stereocenters. The van der Waals surface area contributed by atoms with Gasteiger partial charge in [-0.25, -0.2) is 0 Å². The van der Waals surface area contributed by atoms with Gasteiger partial charge in [-0.2, -0.15) is 0 Å². The van der Waals surface area contributed by atoms with Gasteiger partial charge in [0.25, 0.3) is 0 Å². The second-order valence-corrected chi connectivity index (χ2v) is 5.11. The third kappa shape index (κ3) is 4.47. The van der Waals surface area contributed by atoms with Crippen LogP contribution in [0.4, 0.5) is 0 Å². The molecule has 5 atom stereocenters. The van der Waals surface area contributed by atoms with Crippen LogP contribution in [-0.4, -0.2) is 71.0 Å². The lowest BCUT2D eigenvalue weighted by atomic mass is 9.99. The smallest absolute Gasteiger partial charge is 0.186 e. The second-order valence-electron chi connectivity index (χ2n) is 5.11. The fraction of sp³-hybridized carbons (Fsp3) is 0.600. The molecular formula is C15H22O7. The third-order valence-corrected chi connectivity index (χ3v) is 3.47. The first-order chi connectivity index (χ1) is 10.6. The maximum absolute atomic E-state index is 9.77. The van der Waals surface area contributed by atoms with E-state index in [4.69, 9.17) is 19.3 Å². The fourth-order valence-corrected chi connectivity index (χ4v) is 2.19. The number of rotatable bonds is 7. The average molecular weight is 314 g/mol. The van der Waals surface area contributed by atoms with E-state index in [9.17, 15) is 15.3 Å². The number of hydrogen-bond donors (Lipinski definition) is 4. The van der Waals surface area contributed by atoms with Gasteiger partial charge in [-0.05, 0) is 5.56 Å². The van der Waals surface area contributed by atoms with E-state index in [1.807, 2.05) is 30.3 Å². The molecule has 2 rings (SSSR count). The summed E-state index contributed by atoms with van der Waals surface area (Å²) in [7, 11) is 0. The maximum atomic E-state index is 9.77. The highest BCUT2D eigenvalue weighted by Gasteiger charge is 2.43. The number of aliphatic hydroxyl groups is 4. The first-order valence-electron chi connectivity index (χ1n) is 7.17. The van der Waals surface area contributed by atoms with Gasteiger partial charge in [0.2, 0.25) is 0 Å². The summed E-state index contributed by atoms with van der Waals surface area (Å²) in [6.07, 6.45) is -6.27. The summed E-state index contributed by atoms with van der Waals surface area (Å²) in [5.74, 6) is 0. The SMILES string of the molecule is OCC1OC(OCCOCc2ccccc2)C(O)C(O)C1O. The van der Waals surface area contributed by atoms with Crippen LogP contribution in [0.1, 0.15) is 5.56 Å². The molecule has 0 amide bonds. The molecule has 1 aromatic carbocycles. The lowest BCUT2D eigenvalue weighted by Crippen LogP contribution is -2.59. The molecular weight excluding hydrogens is 292 g/mol. The zero-order valence-electron chi connectivity index (χ0n) is 12.1. The predicted molar refractivity (Wildman–Crippen MR) is 75.8 cm³/mol. The highest BCUT2D eigenvalue weighted by atomic mass is 16.7. The molecule has 7 nitrogen and oxygen atoms in total. The molecule has 1 fully saturated rings. The standard InChI is InChI=1S/C15H22O7/c16-8-11-12(17)13(18)14(19)15(22-11)21-7-6-20-9-10-4-2-1-3-5-10/h1-5,11-19H,6-9H2. The van der Waals surface area contributed by atoms with Crippen LogP contribution in [0.25, 0.3) is 0 Å². The van der Waals surface area contributed by atoms with Crippen molar-refractivity contribution in [2.24, 2.45) is 0 Å². The first-order valence-corrected chi connectivity index (χ1v) is 7.17. The van der Waals surface area contributed by atoms with Crippen LogP contribution in [-0.2, 0) is 20.8 Å². The molecule has 7 heteroatoms. The van der Waals surface area contributed by atoms with Crippen molar-refractivity contribution in [1.29, 1.82) is 0 Å². The van der Waals surface area contributed by atoms with Crippen molar-refractivity contribution in [2.45, 2.75) is 37.3 Å². The Labute approximate surface area is 128 Å². The van der Waals surface area contributed by atoms with Crippen molar-refractivity contribution >= 4 is 0 Å². The van der Waals surface area contributed by atoms with Gasteiger partial charge in [0, 0.05) is 0 Å².